The van der Waals surface area contributed by atoms with Crippen molar-refractivity contribution < 1.29 is 0 Å². The summed E-state index contributed by atoms with van der Waals surface area (Å²) in [5, 5.41) is 7.82. The van der Waals surface area contributed by atoms with E-state index in [1.807, 2.05) is 6.20 Å². The van der Waals surface area contributed by atoms with E-state index in [4.69, 9.17) is 0 Å². The zero-order valence-corrected chi connectivity index (χ0v) is 14.3. The summed E-state index contributed by atoms with van der Waals surface area (Å²) in [4.78, 5) is 5.47. The van der Waals surface area contributed by atoms with Crippen molar-refractivity contribution in [2.24, 2.45) is 0 Å². The maximum absolute atomic E-state index is 4.28. The second-order valence-corrected chi connectivity index (χ2v) is 6.70. The first-order chi connectivity index (χ1) is 9.61. The van der Waals surface area contributed by atoms with E-state index in [0.29, 0.717) is 5.92 Å². The third-order valence-electron chi connectivity index (χ3n) is 3.06. The van der Waals surface area contributed by atoms with E-state index >= 15 is 0 Å². The number of hydrogen-bond donors (Lipinski definition) is 1. The smallest absolute Gasteiger partial charge is 0.0829 e. The Morgan fingerprint density at radius 1 is 1.35 bits per heavy atom. The number of aromatic nitrogens is 3. The lowest BCUT2D eigenvalue weighted by atomic mass is 10.0. The molecule has 0 saturated carbocycles. The molecule has 1 N–H and O–H groups in total. The minimum Gasteiger partial charge on any atom is -0.309 e. The van der Waals surface area contributed by atoms with E-state index in [-0.39, 0.29) is 6.04 Å². The second-order valence-electron chi connectivity index (χ2n) is 5.00. The molecule has 0 spiro atoms. The molecule has 0 amide bonds. The van der Waals surface area contributed by atoms with Gasteiger partial charge in [0.15, 0.2) is 0 Å². The van der Waals surface area contributed by atoms with Crippen LogP contribution in [0.25, 0.3) is 0 Å². The van der Waals surface area contributed by atoms with Crippen LogP contribution in [0, 0.1) is 0 Å². The van der Waals surface area contributed by atoms with Crippen LogP contribution < -0.4 is 5.32 Å². The van der Waals surface area contributed by atoms with Crippen molar-refractivity contribution >= 4 is 27.5 Å². The van der Waals surface area contributed by atoms with Crippen molar-refractivity contribution in [2.45, 2.75) is 39.2 Å². The van der Waals surface area contributed by atoms with Crippen LogP contribution in [0.1, 0.15) is 48.9 Å². The van der Waals surface area contributed by atoms with Crippen molar-refractivity contribution in [1.29, 1.82) is 0 Å². The van der Waals surface area contributed by atoms with Crippen LogP contribution in [0.4, 0.5) is 0 Å². The van der Waals surface area contributed by atoms with Gasteiger partial charge >= 0.3 is 0 Å². The summed E-state index contributed by atoms with van der Waals surface area (Å²) >= 11 is 4.97. The van der Waals surface area contributed by atoms with E-state index in [1.165, 1.54) is 22.0 Å². The van der Waals surface area contributed by atoms with Crippen molar-refractivity contribution in [2.75, 3.05) is 6.54 Å². The maximum atomic E-state index is 4.28. The molecule has 2 heterocycles. The first-order valence-corrected chi connectivity index (χ1v) is 8.33. The van der Waals surface area contributed by atoms with Crippen molar-refractivity contribution in [3.63, 3.8) is 0 Å². The molecule has 2 rings (SSSR count). The highest BCUT2D eigenvalue weighted by Crippen LogP contribution is 2.28. The fourth-order valence-electron chi connectivity index (χ4n) is 2.15. The quantitative estimate of drug-likeness (QED) is 0.858. The maximum Gasteiger partial charge on any atom is 0.0829 e. The topological polar surface area (TPSA) is 50.7 Å². The van der Waals surface area contributed by atoms with Gasteiger partial charge in [0, 0.05) is 22.9 Å². The summed E-state index contributed by atoms with van der Waals surface area (Å²) in [5.41, 5.74) is 2.30. The zero-order valence-electron chi connectivity index (χ0n) is 11.9. The number of hydrogen-bond acceptors (Lipinski definition) is 5. The summed E-state index contributed by atoms with van der Waals surface area (Å²) in [5.74, 6) is 0.394. The van der Waals surface area contributed by atoms with Gasteiger partial charge in [-0.25, -0.2) is 0 Å². The third kappa shape index (κ3) is 3.84. The predicted octanol–water partition coefficient (Wildman–Crippen LogP) is 3.71. The van der Waals surface area contributed by atoms with Gasteiger partial charge in [-0.05, 0) is 58.0 Å². The van der Waals surface area contributed by atoms with E-state index < -0.39 is 0 Å². The van der Waals surface area contributed by atoms with Gasteiger partial charge in [0.25, 0.3) is 0 Å². The second kappa shape index (κ2) is 7.24. The highest BCUT2D eigenvalue weighted by Gasteiger charge is 2.21. The molecule has 0 saturated heterocycles. The summed E-state index contributed by atoms with van der Waals surface area (Å²) in [6, 6.07) is 2.36. The van der Waals surface area contributed by atoms with Gasteiger partial charge in [0.05, 0.1) is 10.6 Å². The van der Waals surface area contributed by atoms with E-state index in [9.17, 15) is 0 Å². The van der Waals surface area contributed by atoms with Crippen LogP contribution in [0.2, 0.25) is 0 Å². The van der Waals surface area contributed by atoms with E-state index in [0.717, 1.165) is 23.1 Å². The summed E-state index contributed by atoms with van der Waals surface area (Å²) in [6.07, 6.45) is 4.61. The Morgan fingerprint density at radius 3 is 2.80 bits per heavy atom. The number of nitrogens with one attached hydrogen (secondary N) is 1. The van der Waals surface area contributed by atoms with Gasteiger partial charge in [-0.3, -0.25) is 4.98 Å². The molecular formula is C14H19BrN4S. The van der Waals surface area contributed by atoms with Gasteiger partial charge in [0.1, 0.15) is 0 Å². The molecular weight excluding hydrogens is 336 g/mol. The Labute approximate surface area is 132 Å². The number of rotatable bonds is 6. The molecule has 2 aromatic rings. The molecule has 6 heteroatoms. The SMILES string of the molecule is CCNC(Cc1cncc(Br)c1)c1snnc1C(C)C. The molecule has 0 radical (unpaired) electrons. The van der Waals surface area contributed by atoms with Crippen molar-refractivity contribution in [3.05, 3.63) is 39.1 Å². The van der Waals surface area contributed by atoms with Crippen molar-refractivity contribution in [1.82, 2.24) is 19.9 Å². The number of nitrogens with zero attached hydrogens (tertiary/aromatic N) is 3. The van der Waals surface area contributed by atoms with Crippen LogP contribution >= 0.6 is 27.5 Å². The first kappa shape index (κ1) is 15.5. The Morgan fingerprint density at radius 2 is 2.15 bits per heavy atom. The average Bonchev–Trinajstić information content (AvgIpc) is 2.87. The molecule has 0 fully saturated rings. The van der Waals surface area contributed by atoms with E-state index in [2.05, 4.69) is 62.7 Å². The fraction of sp³-hybridized carbons (Fsp3) is 0.500. The van der Waals surface area contributed by atoms with Crippen LogP contribution in [-0.2, 0) is 6.42 Å². The average molecular weight is 355 g/mol. The van der Waals surface area contributed by atoms with Gasteiger partial charge < -0.3 is 5.32 Å². The monoisotopic (exact) mass is 354 g/mol. The Bertz CT molecular complexity index is 556. The molecule has 0 bridgehead atoms. The Kier molecular flexibility index (Phi) is 5.63. The van der Waals surface area contributed by atoms with Crippen LogP contribution in [0.15, 0.2) is 22.9 Å². The number of likely N-dealkylation sites (N-methyl/N-ethyl adjacent to an activating group) is 1. The van der Waals surface area contributed by atoms with Gasteiger partial charge in [-0.15, -0.1) is 5.10 Å². The lowest BCUT2D eigenvalue weighted by Gasteiger charge is -2.18. The largest absolute Gasteiger partial charge is 0.309 e. The van der Waals surface area contributed by atoms with Gasteiger partial charge in [-0.1, -0.05) is 25.3 Å². The minimum atomic E-state index is 0.244. The predicted molar refractivity (Wildman–Crippen MR) is 86.1 cm³/mol. The number of halogens is 1. The molecule has 1 unspecified atom stereocenters. The van der Waals surface area contributed by atoms with Crippen LogP contribution in [-0.4, -0.2) is 21.1 Å². The van der Waals surface area contributed by atoms with Crippen LogP contribution in [0.5, 0.6) is 0 Å². The highest BCUT2D eigenvalue weighted by molar-refractivity contribution is 9.10. The van der Waals surface area contributed by atoms with Gasteiger partial charge in [-0.2, -0.15) is 0 Å². The minimum absolute atomic E-state index is 0.244. The van der Waals surface area contributed by atoms with Crippen molar-refractivity contribution in [3.8, 4) is 0 Å². The van der Waals surface area contributed by atoms with Crippen LogP contribution in [0.3, 0.4) is 0 Å². The summed E-state index contributed by atoms with van der Waals surface area (Å²) < 4.78 is 5.14. The normalized spacial score (nSPS) is 12.8. The molecule has 108 valence electrons. The van der Waals surface area contributed by atoms with Gasteiger partial charge in [0.2, 0.25) is 0 Å². The van der Waals surface area contributed by atoms with E-state index in [1.54, 1.807) is 6.20 Å². The zero-order chi connectivity index (χ0) is 14.5. The Balaban J connectivity index is 2.24. The molecule has 1 atom stereocenters. The Hall–Kier alpha value is -0.850. The molecule has 0 aliphatic rings. The standard InChI is InChI=1S/C14H19BrN4S/c1-4-17-12(6-10-5-11(15)8-16-7-10)14-13(9(2)3)18-19-20-14/h5,7-9,12,17H,4,6H2,1-3H3. The summed E-state index contributed by atoms with van der Waals surface area (Å²) in [6.45, 7) is 7.35. The molecule has 0 aliphatic carbocycles. The summed E-state index contributed by atoms with van der Waals surface area (Å²) in [7, 11) is 0. The first-order valence-electron chi connectivity index (χ1n) is 6.76. The molecule has 0 aliphatic heterocycles. The molecule has 0 aromatic carbocycles. The number of pyridine rings is 1. The fourth-order valence-corrected chi connectivity index (χ4v) is 3.45. The lowest BCUT2D eigenvalue weighted by molar-refractivity contribution is 0.548. The third-order valence-corrected chi connectivity index (χ3v) is 4.34. The molecule has 4 nitrogen and oxygen atoms in total. The molecule has 2 aromatic heterocycles. The highest BCUT2D eigenvalue weighted by atomic mass is 79.9. The lowest BCUT2D eigenvalue weighted by Crippen LogP contribution is -2.23. The molecule has 20 heavy (non-hydrogen) atoms.